The van der Waals surface area contributed by atoms with Gasteiger partial charge in [0.1, 0.15) is 5.75 Å². The highest BCUT2D eigenvalue weighted by Gasteiger charge is 2.11. The van der Waals surface area contributed by atoms with E-state index in [-0.39, 0.29) is 5.91 Å². The normalized spacial score (nSPS) is 10.3. The van der Waals surface area contributed by atoms with Crippen molar-refractivity contribution in [1.29, 1.82) is 0 Å². The summed E-state index contributed by atoms with van der Waals surface area (Å²) in [5.74, 6) is 0.426. The number of carbonyl (C=O) groups is 1. The van der Waals surface area contributed by atoms with Gasteiger partial charge in [-0.3, -0.25) is 4.79 Å². The van der Waals surface area contributed by atoms with E-state index >= 15 is 0 Å². The highest BCUT2D eigenvalue weighted by molar-refractivity contribution is 9.10. The van der Waals surface area contributed by atoms with Crippen LogP contribution in [0.25, 0.3) is 0 Å². The predicted molar refractivity (Wildman–Crippen MR) is 89.5 cm³/mol. The molecule has 0 aliphatic heterocycles. The lowest BCUT2D eigenvalue weighted by atomic mass is 10.2. The van der Waals surface area contributed by atoms with Crippen molar-refractivity contribution in [2.24, 2.45) is 0 Å². The number of amides is 1. The van der Waals surface area contributed by atoms with Gasteiger partial charge < -0.3 is 10.1 Å². The molecule has 0 fully saturated rings. The van der Waals surface area contributed by atoms with Crippen LogP contribution in [0.5, 0.6) is 5.75 Å². The van der Waals surface area contributed by atoms with Gasteiger partial charge in [-0.15, -0.1) is 0 Å². The highest BCUT2D eigenvalue weighted by atomic mass is 79.9. The minimum Gasteiger partial charge on any atom is -0.492 e. The van der Waals surface area contributed by atoms with E-state index in [2.05, 4.69) is 21.2 Å². The van der Waals surface area contributed by atoms with E-state index in [1.54, 1.807) is 18.2 Å². The Morgan fingerprint density at radius 2 is 2.05 bits per heavy atom. The molecule has 0 aliphatic carbocycles. The number of carbonyl (C=O) groups excluding carboxylic acids is 1. The van der Waals surface area contributed by atoms with Crippen molar-refractivity contribution in [3.05, 3.63) is 57.0 Å². The smallest absolute Gasteiger partial charge is 0.255 e. The molecule has 0 saturated heterocycles. The monoisotopic (exact) mass is 367 g/mol. The van der Waals surface area contributed by atoms with Crippen molar-refractivity contribution < 1.29 is 9.53 Å². The molecule has 1 amide bonds. The number of nitrogens with one attached hydrogen (secondary N) is 1. The molecule has 0 unspecified atom stereocenters. The Bertz CT molecular complexity index is 653. The quantitative estimate of drug-likeness (QED) is 0.819. The van der Waals surface area contributed by atoms with Gasteiger partial charge in [-0.05, 0) is 49.7 Å². The van der Waals surface area contributed by atoms with Crippen molar-refractivity contribution >= 4 is 39.1 Å². The largest absolute Gasteiger partial charge is 0.492 e. The van der Waals surface area contributed by atoms with Gasteiger partial charge in [0.05, 0.1) is 12.3 Å². The molecular weight excluding hydrogens is 354 g/mol. The van der Waals surface area contributed by atoms with Crippen LogP contribution in [-0.2, 0) is 0 Å². The molecule has 0 saturated carbocycles. The number of anilines is 1. The first kappa shape index (κ1) is 15.9. The number of aryl methyl sites for hydroxylation is 1. The fraction of sp³-hybridized carbons (Fsp3) is 0.188. The van der Waals surface area contributed by atoms with Gasteiger partial charge in [0.25, 0.3) is 5.91 Å². The fourth-order valence-electron chi connectivity index (χ4n) is 1.89. The molecule has 2 aromatic rings. The van der Waals surface area contributed by atoms with Crippen molar-refractivity contribution in [2.75, 3.05) is 11.9 Å². The van der Waals surface area contributed by atoms with Crippen LogP contribution in [0.3, 0.4) is 0 Å². The Morgan fingerprint density at radius 3 is 2.71 bits per heavy atom. The van der Waals surface area contributed by atoms with Crippen LogP contribution in [0.4, 0.5) is 5.69 Å². The lowest BCUT2D eigenvalue weighted by molar-refractivity contribution is 0.102. The summed E-state index contributed by atoms with van der Waals surface area (Å²) < 4.78 is 6.31. The van der Waals surface area contributed by atoms with E-state index in [0.29, 0.717) is 28.6 Å². The summed E-state index contributed by atoms with van der Waals surface area (Å²) >= 11 is 9.29. The molecule has 0 radical (unpaired) electrons. The van der Waals surface area contributed by atoms with Crippen molar-refractivity contribution in [3.63, 3.8) is 0 Å². The van der Waals surface area contributed by atoms with Crippen LogP contribution >= 0.6 is 27.5 Å². The highest BCUT2D eigenvalue weighted by Crippen LogP contribution is 2.27. The Morgan fingerprint density at radius 1 is 1.29 bits per heavy atom. The SMILES string of the molecule is CCOc1cc(C)ccc1NC(=O)c1cc(Cl)cc(Br)c1. The second-order valence-electron chi connectivity index (χ2n) is 4.54. The molecule has 0 aromatic heterocycles. The molecule has 0 spiro atoms. The Balaban J connectivity index is 2.26. The first-order chi connectivity index (χ1) is 9.99. The maximum Gasteiger partial charge on any atom is 0.255 e. The molecule has 0 bridgehead atoms. The second kappa shape index (κ2) is 6.96. The molecule has 0 heterocycles. The van der Waals surface area contributed by atoms with E-state index in [0.717, 1.165) is 10.0 Å². The zero-order chi connectivity index (χ0) is 15.4. The Hall–Kier alpha value is -1.52. The van der Waals surface area contributed by atoms with Crippen LogP contribution < -0.4 is 10.1 Å². The van der Waals surface area contributed by atoms with Crippen molar-refractivity contribution in [2.45, 2.75) is 13.8 Å². The van der Waals surface area contributed by atoms with Crippen LogP contribution in [-0.4, -0.2) is 12.5 Å². The van der Waals surface area contributed by atoms with E-state index in [9.17, 15) is 4.79 Å². The zero-order valence-corrected chi connectivity index (χ0v) is 14.1. The first-order valence-corrected chi connectivity index (χ1v) is 7.67. The molecule has 110 valence electrons. The molecule has 0 atom stereocenters. The summed E-state index contributed by atoms with van der Waals surface area (Å²) in [6.45, 7) is 4.42. The molecule has 1 N–H and O–H groups in total. The molecule has 3 nitrogen and oxygen atoms in total. The summed E-state index contributed by atoms with van der Waals surface area (Å²) in [4.78, 5) is 12.3. The zero-order valence-electron chi connectivity index (χ0n) is 11.7. The Labute approximate surface area is 137 Å². The third-order valence-corrected chi connectivity index (χ3v) is 3.49. The number of ether oxygens (including phenoxy) is 1. The van der Waals surface area contributed by atoms with Crippen molar-refractivity contribution in [3.8, 4) is 5.75 Å². The van der Waals surface area contributed by atoms with E-state index in [1.165, 1.54) is 0 Å². The molecule has 5 heteroatoms. The standard InChI is InChI=1S/C16H15BrClNO2/c1-3-21-15-6-10(2)4-5-14(15)19-16(20)11-7-12(17)9-13(18)8-11/h4-9H,3H2,1-2H3,(H,19,20). The van der Waals surface area contributed by atoms with Gasteiger partial charge in [0.2, 0.25) is 0 Å². The van der Waals surface area contributed by atoms with Gasteiger partial charge in [0.15, 0.2) is 0 Å². The summed E-state index contributed by atoms with van der Waals surface area (Å²) in [5, 5.41) is 3.35. The van der Waals surface area contributed by atoms with Gasteiger partial charge in [-0.2, -0.15) is 0 Å². The Kier molecular flexibility index (Phi) is 5.26. The maximum absolute atomic E-state index is 12.3. The fourth-order valence-corrected chi connectivity index (χ4v) is 2.75. The number of hydrogen-bond acceptors (Lipinski definition) is 2. The maximum atomic E-state index is 12.3. The summed E-state index contributed by atoms with van der Waals surface area (Å²) in [5.41, 5.74) is 2.20. The number of benzene rings is 2. The third-order valence-electron chi connectivity index (χ3n) is 2.81. The van der Waals surface area contributed by atoms with Gasteiger partial charge in [0, 0.05) is 15.1 Å². The molecule has 0 aliphatic rings. The summed E-state index contributed by atoms with van der Waals surface area (Å²) in [6, 6.07) is 10.7. The van der Waals surface area contributed by atoms with Crippen LogP contribution in [0.2, 0.25) is 5.02 Å². The lowest BCUT2D eigenvalue weighted by Gasteiger charge is -2.12. The molecule has 2 aromatic carbocycles. The second-order valence-corrected chi connectivity index (χ2v) is 5.90. The number of rotatable bonds is 4. The predicted octanol–water partition coefficient (Wildman–Crippen LogP) is 5.06. The van der Waals surface area contributed by atoms with E-state index < -0.39 is 0 Å². The van der Waals surface area contributed by atoms with Crippen LogP contribution in [0.1, 0.15) is 22.8 Å². The third kappa shape index (κ3) is 4.22. The topological polar surface area (TPSA) is 38.3 Å². The van der Waals surface area contributed by atoms with Gasteiger partial charge >= 0.3 is 0 Å². The minimum atomic E-state index is -0.233. The van der Waals surface area contributed by atoms with Crippen molar-refractivity contribution in [1.82, 2.24) is 0 Å². The van der Waals surface area contributed by atoms with Crippen LogP contribution in [0, 0.1) is 6.92 Å². The van der Waals surface area contributed by atoms with E-state index in [4.69, 9.17) is 16.3 Å². The molecular formula is C16H15BrClNO2. The van der Waals surface area contributed by atoms with Gasteiger partial charge in [-0.1, -0.05) is 33.6 Å². The van der Waals surface area contributed by atoms with Gasteiger partial charge in [-0.25, -0.2) is 0 Å². The lowest BCUT2D eigenvalue weighted by Crippen LogP contribution is -2.13. The summed E-state index contributed by atoms with van der Waals surface area (Å²) in [7, 11) is 0. The molecule has 21 heavy (non-hydrogen) atoms. The first-order valence-electron chi connectivity index (χ1n) is 6.50. The number of halogens is 2. The average Bonchev–Trinajstić information content (AvgIpc) is 2.41. The number of hydrogen-bond donors (Lipinski definition) is 1. The van der Waals surface area contributed by atoms with Crippen LogP contribution in [0.15, 0.2) is 40.9 Å². The molecule has 2 rings (SSSR count). The van der Waals surface area contributed by atoms with E-state index in [1.807, 2.05) is 32.0 Å². The average molecular weight is 369 g/mol. The summed E-state index contributed by atoms with van der Waals surface area (Å²) in [6.07, 6.45) is 0. The minimum absolute atomic E-state index is 0.233.